The average Bonchev–Trinajstić information content (AvgIpc) is 3.04. The van der Waals surface area contributed by atoms with E-state index in [1.54, 1.807) is 54.6 Å². The SMILES string of the molecule is O=C(Oc1ccc(/C=C2\SC(=O)N(Cc3ccc(Br)cc3)C2=O)cc1)c1ccc(Cl)cc1. The summed E-state index contributed by atoms with van der Waals surface area (Å²) in [6, 6.07) is 20.6. The van der Waals surface area contributed by atoms with Gasteiger partial charge in [-0.15, -0.1) is 0 Å². The van der Waals surface area contributed by atoms with Crippen LogP contribution in [-0.4, -0.2) is 22.0 Å². The molecule has 3 aromatic carbocycles. The fraction of sp³-hybridized carbons (Fsp3) is 0.0417. The summed E-state index contributed by atoms with van der Waals surface area (Å²) >= 11 is 10.1. The Morgan fingerprint density at radius 2 is 1.62 bits per heavy atom. The predicted octanol–water partition coefficient (Wildman–Crippen LogP) is 6.56. The molecule has 8 heteroatoms. The molecule has 32 heavy (non-hydrogen) atoms. The van der Waals surface area contributed by atoms with Crippen molar-refractivity contribution in [3.63, 3.8) is 0 Å². The lowest BCUT2D eigenvalue weighted by Gasteiger charge is -2.12. The van der Waals surface area contributed by atoms with Crippen LogP contribution in [0, 0.1) is 0 Å². The Hall–Kier alpha value is -2.87. The molecule has 1 aliphatic rings. The Kier molecular flexibility index (Phi) is 6.79. The molecule has 1 heterocycles. The number of amides is 2. The number of imide groups is 1. The fourth-order valence-electron chi connectivity index (χ4n) is 2.94. The Balaban J connectivity index is 1.42. The molecule has 0 aliphatic carbocycles. The highest BCUT2D eigenvalue weighted by molar-refractivity contribution is 9.10. The predicted molar refractivity (Wildman–Crippen MR) is 129 cm³/mol. The Morgan fingerprint density at radius 1 is 0.969 bits per heavy atom. The van der Waals surface area contributed by atoms with Crippen LogP contribution >= 0.6 is 39.3 Å². The number of hydrogen-bond acceptors (Lipinski definition) is 5. The van der Waals surface area contributed by atoms with Gasteiger partial charge < -0.3 is 4.74 Å². The van der Waals surface area contributed by atoms with Crippen molar-refractivity contribution < 1.29 is 19.1 Å². The number of benzene rings is 3. The molecular formula is C24H15BrClNO4S. The van der Waals surface area contributed by atoms with Crippen LogP contribution in [0.25, 0.3) is 6.08 Å². The summed E-state index contributed by atoms with van der Waals surface area (Å²) in [6.07, 6.45) is 1.65. The van der Waals surface area contributed by atoms with Crippen LogP contribution in [0.2, 0.25) is 5.02 Å². The first kappa shape index (κ1) is 22.3. The lowest BCUT2D eigenvalue weighted by atomic mass is 10.2. The molecule has 5 nitrogen and oxygen atoms in total. The topological polar surface area (TPSA) is 63.7 Å². The van der Waals surface area contributed by atoms with Crippen molar-refractivity contribution in [3.05, 3.63) is 104 Å². The molecule has 0 atom stereocenters. The number of nitrogens with zero attached hydrogens (tertiary/aromatic N) is 1. The Morgan fingerprint density at radius 3 is 2.28 bits per heavy atom. The third-order valence-corrected chi connectivity index (χ3v) is 6.28. The van der Waals surface area contributed by atoms with Gasteiger partial charge in [-0.25, -0.2) is 4.79 Å². The van der Waals surface area contributed by atoms with Crippen molar-refractivity contribution in [2.75, 3.05) is 0 Å². The van der Waals surface area contributed by atoms with Gasteiger partial charge in [-0.3, -0.25) is 14.5 Å². The molecule has 0 radical (unpaired) electrons. The minimum absolute atomic E-state index is 0.217. The van der Waals surface area contributed by atoms with Crippen LogP contribution in [0.3, 0.4) is 0 Å². The highest BCUT2D eigenvalue weighted by Gasteiger charge is 2.34. The summed E-state index contributed by atoms with van der Waals surface area (Å²) in [7, 11) is 0. The van der Waals surface area contributed by atoms with E-state index in [0.29, 0.717) is 26.8 Å². The molecule has 1 fully saturated rings. The molecule has 0 spiro atoms. The molecule has 4 rings (SSSR count). The number of carbonyl (C=O) groups is 3. The van der Waals surface area contributed by atoms with Gasteiger partial charge >= 0.3 is 5.97 Å². The molecule has 2 amide bonds. The molecule has 0 unspecified atom stereocenters. The number of halogens is 2. The average molecular weight is 529 g/mol. The molecule has 0 bridgehead atoms. The summed E-state index contributed by atoms with van der Waals surface area (Å²) in [5.74, 6) is -0.463. The largest absolute Gasteiger partial charge is 0.423 e. The number of esters is 1. The van der Waals surface area contributed by atoms with Crippen molar-refractivity contribution in [1.82, 2.24) is 4.90 Å². The Labute approximate surface area is 202 Å². The van der Waals surface area contributed by atoms with E-state index in [2.05, 4.69) is 15.9 Å². The number of rotatable bonds is 5. The maximum atomic E-state index is 12.7. The molecule has 0 saturated carbocycles. The van der Waals surface area contributed by atoms with Gasteiger partial charge in [0.25, 0.3) is 11.1 Å². The van der Waals surface area contributed by atoms with E-state index in [-0.39, 0.29) is 17.7 Å². The van der Waals surface area contributed by atoms with Gasteiger partial charge in [0.15, 0.2) is 0 Å². The first-order valence-electron chi connectivity index (χ1n) is 9.47. The minimum atomic E-state index is -0.497. The Bertz CT molecular complexity index is 1210. The van der Waals surface area contributed by atoms with E-state index >= 15 is 0 Å². The van der Waals surface area contributed by atoms with Gasteiger partial charge in [0, 0.05) is 9.50 Å². The molecule has 1 aliphatic heterocycles. The van der Waals surface area contributed by atoms with E-state index in [1.165, 1.54) is 4.90 Å². The summed E-state index contributed by atoms with van der Waals surface area (Å²) in [5, 5.41) is 0.227. The van der Waals surface area contributed by atoms with Crippen LogP contribution < -0.4 is 4.74 Å². The van der Waals surface area contributed by atoms with Crippen LogP contribution in [-0.2, 0) is 11.3 Å². The van der Waals surface area contributed by atoms with Gasteiger partial charge in [-0.05, 0) is 77.5 Å². The first-order valence-corrected chi connectivity index (χ1v) is 11.5. The zero-order valence-corrected chi connectivity index (χ0v) is 19.6. The van der Waals surface area contributed by atoms with Crippen molar-refractivity contribution in [3.8, 4) is 5.75 Å². The van der Waals surface area contributed by atoms with E-state index in [1.807, 2.05) is 24.3 Å². The zero-order valence-electron chi connectivity index (χ0n) is 16.5. The van der Waals surface area contributed by atoms with Gasteiger partial charge in [0.1, 0.15) is 5.75 Å². The van der Waals surface area contributed by atoms with E-state index in [4.69, 9.17) is 16.3 Å². The molecule has 0 N–H and O–H groups in total. The highest BCUT2D eigenvalue weighted by Crippen LogP contribution is 2.33. The van der Waals surface area contributed by atoms with Crippen molar-refractivity contribution in [2.45, 2.75) is 6.54 Å². The number of ether oxygens (including phenoxy) is 1. The number of carbonyl (C=O) groups excluding carboxylic acids is 3. The fourth-order valence-corrected chi connectivity index (χ4v) is 4.17. The molecule has 3 aromatic rings. The first-order chi connectivity index (χ1) is 15.4. The van der Waals surface area contributed by atoms with Crippen molar-refractivity contribution >= 4 is 62.5 Å². The minimum Gasteiger partial charge on any atom is -0.423 e. The molecule has 0 aromatic heterocycles. The van der Waals surface area contributed by atoms with Gasteiger partial charge in [0.05, 0.1) is 17.0 Å². The lowest BCUT2D eigenvalue weighted by Crippen LogP contribution is -2.27. The van der Waals surface area contributed by atoms with Gasteiger partial charge in [-0.1, -0.05) is 51.8 Å². The summed E-state index contributed by atoms with van der Waals surface area (Å²) < 4.78 is 6.28. The summed E-state index contributed by atoms with van der Waals surface area (Å²) in [4.78, 5) is 38.8. The van der Waals surface area contributed by atoms with Crippen LogP contribution in [0.4, 0.5) is 4.79 Å². The second-order valence-electron chi connectivity index (χ2n) is 6.86. The lowest BCUT2D eigenvalue weighted by molar-refractivity contribution is -0.123. The van der Waals surface area contributed by atoms with Gasteiger partial charge in [0.2, 0.25) is 0 Å². The number of thioether (sulfide) groups is 1. The molecule has 1 saturated heterocycles. The maximum Gasteiger partial charge on any atom is 0.343 e. The summed E-state index contributed by atoms with van der Waals surface area (Å²) in [6.45, 7) is 0.217. The number of hydrogen-bond donors (Lipinski definition) is 0. The van der Waals surface area contributed by atoms with Crippen LogP contribution in [0.5, 0.6) is 5.75 Å². The van der Waals surface area contributed by atoms with E-state index in [9.17, 15) is 14.4 Å². The normalized spacial score (nSPS) is 14.8. The van der Waals surface area contributed by atoms with Crippen LogP contribution in [0.15, 0.2) is 82.2 Å². The monoisotopic (exact) mass is 527 g/mol. The third-order valence-electron chi connectivity index (χ3n) is 4.60. The third kappa shape index (κ3) is 5.30. The van der Waals surface area contributed by atoms with Crippen molar-refractivity contribution in [1.29, 1.82) is 0 Å². The van der Waals surface area contributed by atoms with Crippen LogP contribution in [0.1, 0.15) is 21.5 Å². The van der Waals surface area contributed by atoms with Crippen molar-refractivity contribution in [2.24, 2.45) is 0 Å². The van der Waals surface area contributed by atoms with E-state index in [0.717, 1.165) is 21.8 Å². The standard InChI is InChI=1S/C24H15BrClNO4S/c25-18-7-1-16(2-8-18)14-27-22(28)21(32-24(27)30)13-15-3-11-20(12-4-15)31-23(29)17-5-9-19(26)10-6-17/h1-13H,14H2/b21-13-. The maximum absolute atomic E-state index is 12.7. The molecule has 160 valence electrons. The second kappa shape index (κ2) is 9.73. The second-order valence-corrected chi connectivity index (χ2v) is 9.21. The highest BCUT2D eigenvalue weighted by atomic mass is 79.9. The van der Waals surface area contributed by atoms with E-state index < -0.39 is 5.97 Å². The van der Waals surface area contributed by atoms with Gasteiger partial charge in [-0.2, -0.15) is 0 Å². The quantitative estimate of drug-likeness (QED) is 0.213. The zero-order chi connectivity index (χ0) is 22.7. The summed E-state index contributed by atoms with van der Waals surface area (Å²) in [5.41, 5.74) is 1.96. The smallest absolute Gasteiger partial charge is 0.343 e. The molecular weight excluding hydrogens is 514 g/mol.